The van der Waals surface area contributed by atoms with Crippen LogP contribution in [0.25, 0.3) is 0 Å². The Labute approximate surface area is 180 Å². The Morgan fingerprint density at radius 3 is 2.53 bits per heavy atom. The first-order valence-corrected chi connectivity index (χ1v) is 11.4. The molecule has 0 aliphatic heterocycles. The van der Waals surface area contributed by atoms with Crippen molar-refractivity contribution in [2.75, 3.05) is 20.1 Å². The van der Waals surface area contributed by atoms with Gasteiger partial charge in [-0.3, -0.25) is 9.00 Å². The van der Waals surface area contributed by atoms with Crippen LogP contribution in [0.2, 0.25) is 0 Å². The molecule has 1 N–H and O–H groups in total. The van der Waals surface area contributed by atoms with Crippen LogP contribution in [0.3, 0.4) is 0 Å². The van der Waals surface area contributed by atoms with Crippen LogP contribution < -0.4 is 5.32 Å². The van der Waals surface area contributed by atoms with Crippen molar-refractivity contribution in [1.29, 1.82) is 0 Å². The topological polar surface area (TPSA) is 62.6 Å². The summed E-state index contributed by atoms with van der Waals surface area (Å²) in [5.74, 6) is 0.810. The van der Waals surface area contributed by atoms with Crippen LogP contribution in [0, 0.1) is 6.92 Å². The molecule has 0 aliphatic rings. The molecule has 1 amide bonds. The standard InChI is InChI=1S/C24H28N2O3S/c1-19-9-6-7-12-23(19)30(28)18-21-13-14-22(29-21)24(27)25-15-8-16-26(2)17-20-10-4-3-5-11-20/h3-7,9-14H,8,15-18H2,1-2H3,(H,25,27). The quantitative estimate of drug-likeness (QED) is 0.497. The molecule has 158 valence electrons. The molecule has 1 unspecified atom stereocenters. The first kappa shape index (κ1) is 22.0. The second kappa shape index (κ2) is 10.9. The molecule has 1 atom stereocenters. The number of amides is 1. The van der Waals surface area contributed by atoms with Gasteiger partial charge < -0.3 is 14.6 Å². The van der Waals surface area contributed by atoms with Gasteiger partial charge in [0.2, 0.25) is 0 Å². The average molecular weight is 425 g/mol. The Morgan fingerprint density at radius 2 is 1.77 bits per heavy atom. The van der Waals surface area contributed by atoms with Gasteiger partial charge in [-0.25, -0.2) is 0 Å². The molecule has 30 heavy (non-hydrogen) atoms. The Balaban J connectivity index is 1.41. The van der Waals surface area contributed by atoms with Crippen molar-refractivity contribution in [3.8, 4) is 0 Å². The molecule has 0 spiro atoms. The number of rotatable bonds is 10. The Morgan fingerprint density at radius 1 is 1.03 bits per heavy atom. The van der Waals surface area contributed by atoms with Gasteiger partial charge in [-0.2, -0.15) is 0 Å². The van der Waals surface area contributed by atoms with Crippen molar-refractivity contribution < 1.29 is 13.4 Å². The summed E-state index contributed by atoms with van der Waals surface area (Å²) >= 11 is 0. The van der Waals surface area contributed by atoms with E-state index in [2.05, 4.69) is 29.4 Å². The number of hydrogen-bond acceptors (Lipinski definition) is 4. The molecule has 6 heteroatoms. The van der Waals surface area contributed by atoms with Crippen molar-refractivity contribution in [3.63, 3.8) is 0 Å². The fourth-order valence-corrected chi connectivity index (χ4v) is 4.44. The minimum atomic E-state index is -1.21. The van der Waals surface area contributed by atoms with Crippen LogP contribution in [-0.2, 0) is 23.1 Å². The molecule has 0 saturated heterocycles. The first-order chi connectivity index (χ1) is 14.5. The highest BCUT2D eigenvalue weighted by atomic mass is 32.2. The Hall–Kier alpha value is -2.70. The predicted octanol–water partition coefficient (Wildman–Crippen LogP) is 4.15. The van der Waals surface area contributed by atoms with Crippen LogP contribution >= 0.6 is 0 Å². The summed E-state index contributed by atoms with van der Waals surface area (Å²) in [4.78, 5) is 15.3. The second-order valence-corrected chi connectivity index (χ2v) is 8.77. The zero-order valence-electron chi connectivity index (χ0n) is 17.5. The highest BCUT2D eigenvalue weighted by Crippen LogP contribution is 2.18. The zero-order chi connectivity index (χ0) is 21.3. The van der Waals surface area contributed by atoms with Crippen molar-refractivity contribution in [1.82, 2.24) is 10.2 Å². The second-order valence-electron chi connectivity index (χ2n) is 7.35. The van der Waals surface area contributed by atoms with Gasteiger partial charge in [0.1, 0.15) is 5.76 Å². The zero-order valence-corrected chi connectivity index (χ0v) is 18.3. The molecule has 0 radical (unpaired) electrons. The smallest absolute Gasteiger partial charge is 0.286 e. The maximum atomic E-state index is 12.6. The number of benzene rings is 2. The number of carbonyl (C=O) groups excluding carboxylic acids is 1. The lowest BCUT2D eigenvalue weighted by Crippen LogP contribution is -2.27. The van der Waals surface area contributed by atoms with Gasteiger partial charge in [0.15, 0.2) is 5.76 Å². The molecule has 5 nitrogen and oxygen atoms in total. The molecule has 3 aromatic rings. The fraction of sp³-hybridized carbons (Fsp3) is 0.292. The van der Waals surface area contributed by atoms with Crippen molar-refractivity contribution in [2.45, 2.75) is 30.5 Å². The van der Waals surface area contributed by atoms with Crippen molar-refractivity contribution in [3.05, 3.63) is 89.4 Å². The number of furan rings is 1. The SMILES string of the molecule is Cc1ccccc1S(=O)Cc1ccc(C(=O)NCCCN(C)Cc2ccccc2)o1. The monoisotopic (exact) mass is 424 g/mol. The molecule has 2 aromatic carbocycles. The molecule has 0 saturated carbocycles. The highest BCUT2D eigenvalue weighted by Gasteiger charge is 2.14. The first-order valence-electron chi connectivity index (χ1n) is 10.1. The van der Waals surface area contributed by atoms with Crippen molar-refractivity contribution >= 4 is 16.7 Å². The highest BCUT2D eigenvalue weighted by molar-refractivity contribution is 7.84. The van der Waals surface area contributed by atoms with Gasteiger partial charge in [0, 0.05) is 18.0 Å². The molecule has 1 aromatic heterocycles. The number of nitrogens with zero attached hydrogens (tertiary/aromatic N) is 1. The van der Waals surface area contributed by atoms with Gasteiger partial charge in [-0.1, -0.05) is 48.5 Å². The minimum absolute atomic E-state index is 0.242. The largest absolute Gasteiger partial charge is 0.455 e. The van der Waals surface area contributed by atoms with Crippen LogP contribution in [0.15, 0.2) is 76.0 Å². The summed E-state index contributed by atoms with van der Waals surface area (Å²) in [6.07, 6.45) is 0.847. The number of aryl methyl sites for hydroxylation is 1. The average Bonchev–Trinajstić information content (AvgIpc) is 3.20. The van der Waals surface area contributed by atoms with Gasteiger partial charge >= 0.3 is 0 Å². The Bertz CT molecular complexity index is 985. The van der Waals surface area contributed by atoms with E-state index in [0.717, 1.165) is 30.0 Å². The summed E-state index contributed by atoms with van der Waals surface area (Å²) in [6.45, 7) is 4.27. The van der Waals surface area contributed by atoms with Crippen LogP contribution in [0.5, 0.6) is 0 Å². The molecule has 1 heterocycles. The number of nitrogens with one attached hydrogen (secondary N) is 1. The summed E-state index contributed by atoms with van der Waals surface area (Å²) in [5.41, 5.74) is 2.26. The summed E-state index contributed by atoms with van der Waals surface area (Å²) in [5, 5.41) is 2.89. The summed E-state index contributed by atoms with van der Waals surface area (Å²) < 4.78 is 18.2. The van der Waals surface area contributed by atoms with Gasteiger partial charge in [0.05, 0.1) is 16.6 Å². The minimum Gasteiger partial charge on any atom is -0.455 e. The lowest BCUT2D eigenvalue weighted by molar-refractivity contribution is 0.0922. The normalized spacial score (nSPS) is 12.1. The third-order valence-corrected chi connectivity index (χ3v) is 6.29. The van der Waals surface area contributed by atoms with Crippen LogP contribution in [0.1, 0.15) is 33.9 Å². The molecule has 0 aliphatic carbocycles. The van der Waals surface area contributed by atoms with E-state index in [1.165, 1.54) is 5.56 Å². The van der Waals surface area contributed by atoms with E-state index in [1.54, 1.807) is 12.1 Å². The van der Waals surface area contributed by atoms with E-state index < -0.39 is 10.8 Å². The summed E-state index contributed by atoms with van der Waals surface area (Å²) in [6, 6.07) is 21.3. The molecule has 3 rings (SSSR count). The summed E-state index contributed by atoms with van der Waals surface area (Å²) in [7, 11) is 0.866. The third kappa shape index (κ3) is 6.40. The van der Waals surface area contributed by atoms with Gasteiger partial charge in [0.25, 0.3) is 5.91 Å². The predicted molar refractivity (Wildman–Crippen MR) is 120 cm³/mol. The number of hydrogen-bond donors (Lipinski definition) is 1. The van der Waals surface area contributed by atoms with E-state index >= 15 is 0 Å². The van der Waals surface area contributed by atoms with E-state index in [9.17, 15) is 9.00 Å². The molecular formula is C24H28N2O3S. The lowest BCUT2D eigenvalue weighted by atomic mass is 10.2. The fourth-order valence-electron chi connectivity index (χ4n) is 3.21. The maximum Gasteiger partial charge on any atom is 0.286 e. The molecule has 0 bridgehead atoms. The maximum absolute atomic E-state index is 12.6. The van der Waals surface area contributed by atoms with E-state index in [1.807, 2.05) is 49.4 Å². The Kier molecular flexibility index (Phi) is 7.99. The lowest BCUT2D eigenvalue weighted by Gasteiger charge is -2.16. The molecule has 0 fully saturated rings. The van der Waals surface area contributed by atoms with Crippen molar-refractivity contribution in [2.24, 2.45) is 0 Å². The van der Waals surface area contributed by atoms with E-state index in [-0.39, 0.29) is 17.4 Å². The molecular weight excluding hydrogens is 396 g/mol. The van der Waals surface area contributed by atoms with Crippen LogP contribution in [0.4, 0.5) is 0 Å². The van der Waals surface area contributed by atoms with E-state index in [0.29, 0.717) is 12.3 Å². The van der Waals surface area contributed by atoms with Gasteiger partial charge in [-0.15, -0.1) is 0 Å². The third-order valence-electron chi connectivity index (χ3n) is 4.80. The van der Waals surface area contributed by atoms with Crippen LogP contribution in [-0.4, -0.2) is 35.2 Å². The van der Waals surface area contributed by atoms with Gasteiger partial charge in [-0.05, 0) is 56.3 Å². The number of carbonyl (C=O) groups is 1. The van der Waals surface area contributed by atoms with E-state index in [4.69, 9.17) is 4.42 Å².